The van der Waals surface area contributed by atoms with E-state index in [1.165, 1.54) is 33.5 Å². The molecule has 1 amide bonds. The van der Waals surface area contributed by atoms with Gasteiger partial charge < -0.3 is 5.32 Å². The molecule has 0 aliphatic heterocycles. The van der Waals surface area contributed by atoms with Crippen molar-refractivity contribution >= 4 is 34.4 Å². The third-order valence-corrected chi connectivity index (χ3v) is 4.78. The van der Waals surface area contributed by atoms with E-state index in [1.807, 2.05) is 18.2 Å². The van der Waals surface area contributed by atoms with Crippen molar-refractivity contribution < 1.29 is 4.79 Å². The third-order valence-electron chi connectivity index (χ3n) is 3.90. The maximum Gasteiger partial charge on any atom is 0.264 e. The number of rotatable bonds is 5. The highest BCUT2D eigenvalue weighted by Crippen LogP contribution is 2.25. The number of hydrogen-bond acceptors (Lipinski definition) is 7. The quantitative estimate of drug-likeness (QED) is 0.550. The number of anilines is 1. The van der Waals surface area contributed by atoms with Gasteiger partial charge in [-0.05, 0) is 24.3 Å². The Bertz CT molecular complexity index is 1200. The highest BCUT2D eigenvalue weighted by Gasteiger charge is 2.11. The van der Waals surface area contributed by atoms with Crippen LogP contribution in [0.2, 0.25) is 0 Å². The lowest BCUT2D eigenvalue weighted by Gasteiger charge is -2.08. The van der Waals surface area contributed by atoms with E-state index in [4.69, 9.17) is 0 Å². The number of aryl methyl sites for hydroxylation is 1. The summed E-state index contributed by atoms with van der Waals surface area (Å²) in [7, 11) is 1.70. The fraction of sp³-hybridized carbons (Fsp3) is 0.111. The first-order valence-corrected chi connectivity index (χ1v) is 9.14. The average Bonchev–Trinajstić information content (AvgIpc) is 3.07. The van der Waals surface area contributed by atoms with Crippen molar-refractivity contribution in [1.29, 1.82) is 0 Å². The van der Waals surface area contributed by atoms with E-state index in [9.17, 15) is 9.59 Å². The molecule has 0 fully saturated rings. The van der Waals surface area contributed by atoms with Crippen LogP contribution < -0.4 is 10.9 Å². The van der Waals surface area contributed by atoms with Gasteiger partial charge in [-0.3, -0.25) is 18.8 Å². The zero-order valence-electron chi connectivity index (χ0n) is 14.8. The molecule has 4 heterocycles. The van der Waals surface area contributed by atoms with E-state index in [0.29, 0.717) is 21.7 Å². The van der Waals surface area contributed by atoms with Crippen LogP contribution in [0.3, 0.4) is 0 Å². The van der Waals surface area contributed by atoms with Crippen LogP contribution in [0.4, 0.5) is 5.69 Å². The van der Waals surface area contributed by atoms with Crippen LogP contribution in [-0.4, -0.2) is 35.2 Å². The minimum Gasteiger partial charge on any atom is -0.324 e. The minimum absolute atomic E-state index is 0.151. The number of nitrogens with zero attached hydrogens (tertiary/aromatic N) is 6. The molecule has 0 spiro atoms. The van der Waals surface area contributed by atoms with Crippen LogP contribution in [0.1, 0.15) is 0 Å². The summed E-state index contributed by atoms with van der Waals surface area (Å²) in [6, 6.07) is 9.06. The van der Waals surface area contributed by atoms with E-state index in [-0.39, 0.29) is 18.0 Å². The summed E-state index contributed by atoms with van der Waals surface area (Å²) >= 11 is 1.39. The van der Waals surface area contributed by atoms with Gasteiger partial charge in [-0.25, -0.2) is 15.0 Å². The lowest BCUT2D eigenvalue weighted by Crippen LogP contribution is -2.27. The van der Waals surface area contributed by atoms with Crippen molar-refractivity contribution in [1.82, 2.24) is 29.3 Å². The average molecular weight is 393 g/mol. The first kappa shape index (κ1) is 17.9. The molecule has 4 aromatic heterocycles. The number of carbonyl (C=O) groups is 1. The van der Waals surface area contributed by atoms with E-state index in [1.54, 1.807) is 31.6 Å². The Morgan fingerprint density at radius 1 is 1.14 bits per heavy atom. The van der Waals surface area contributed by atoms with Crippen LogP contribution in [-0.2, 0) is 18.4 Å². The molecule has 0 saturated heterocycles. The molecule has 140 valence electrons. The number of hydrogen-bond donors (Lipinski definition) is 1. The molecule has 4 aromatic rings. The summed E-state index contributed by atoms with van der Waals surface area (Å²) in [4.78, 5) is 37.5. The predicted molar refractivity (Wildman–Crippen MR) is 104 cm³/mol. The topological polar surface area (TPSA) is 108 Å². The fourth-order valence-corrected chi connectivity index (χ4v) is 3.37. The molecule has 9 nitrogen and oxygen atoms in total. The van der Waals surface area contributed by atoms with Crippen LogP contribution in [0, 0.1) is 0 Å². The Balaban J connectivity index is 1.47. The highest BCUT2D eigenvalue weighted by atomic mass is 32.2. The zero-order chi connectivity index (χ0) is 19.5. The molecular weight excluding hydrogens is 378 g/mol. The summed E-state index contributed by atoms with van der Waals surface area (Å²) < 4.78 is 2.77. The summed E-state index contributed by atoms with van der Waals surface area (Å²) in [5, 5.41) is 8.67. The molecule has 0 aliphatic carbocycles. The Kier molecular flexibility index (Phi) is 4.85. The Hall–Kier alpha value is -3.53. The van der Waals surface area contributed by atoms with Crippen molar-refractivity contribution in [3.8, 4) is 0 Å². The van der Waals surface area contributed by atoms with Crippen molar-refractivity contribution in [2.75, 3.05) is 5.32 Å². The summed E-state index contributed by atoms with van der Waals surface area (Å²) in [5.41, 5.74) is 0.753. The number of fused-ring (bicyclic) bond motifs is 1. The molecular formula is C18H15N7O2S. The highest BCUT2D eigenvalue weighted by molar-refractivity contribution is 7.99. The smallest absolute Gasteiger partial charge is 0.264 e. The summed E-state index contributed by atoms with van der Waals surface area (Å²) in [5.74, 6) is -0.341. The van der Waals surface area contributed by atoms with Gasteiger partial charge in [-0.2, -0.15) is 5.10 Å². The lowest BCUT2D eigenvalue weighted by molar-refractivity contribution is -0.116. The summed E-state index contributed by atoms with van der Waals surface area (Å²) in [6.45, 7) is -0.151. The predicted octanol–water partition coefficient (Wildman–Crippen LogP) is 1.71. The molecule has 0 radical (unpaired) electrons. The molecule has 10 heteroatoms. The second kappa shape index (κ2) is 7.61. The van der Waals surface area contributed by atoms with Crippen molar-refractivity contribution in [2.45, 2.75) is 16.6 Å². The standard InChI is InChI=1S/C18H15N7O2S/c1-24-17-13(9-22-24)18(27)25(11-21-17)10-14(26)23-12-5-7-20-16(8-12)28-15-4-2-3-6-19-15/h2-9,11H,10H2,1H3,(H,20,23,26). The van der Waals surface area contributed by atoms with Crippen molar-refractivity contribution in [3.05, 3.63) is 65.6 Å². The summed E-state index contributed by atoms with van der Waals surface area (Å²) in [6.07, 6.45) is 6.11. The van der Waals surface area contributed by atoms with Crippen molar-refractivity contribution in [3.63, 3.8) is 0 Å². The zero-order valence-corrected chi connectivity index (χ0v) is 15.6. The molecule has 28 heavy (non-hydrogen) atoms. The van der Waals surface area contributed by atoms with Crippen LogP contribution in [0.25, 0.3) is 11.0 Å². The van der Waals surface area contributed by atoms with Gasteiger partial charge in [0.25, 0.3) is 5.56 Å². The van der Waals surface area contributed by atoms with Gasteiger partial charge in [0.1, 0.15) is 28.3 Å². The Morgan fingerprint density at radius 2 is 2.00 bits per heavy atom. The SMILES string of the molecule is Cn1ncc2c(=O)n(CC(=O)Nc3ccnc(Sc4ccccn4)c3)cnc21. The third kappa shape index (κ3) is 3.76. The number of carbonyl (C=O) groups excluding carboxylic acids is 1. The number of nitrogens with one attached hydrogen (secondary N) is 1. The number of aromatic nitrogens is 6. The van der Waals surface area contributed by atoms with E-state index in [0.717, 1.165) is 5.03 Å². The maximum absolute atomic E-state index is 12.5. The van der Waals surface area contributed by atoms with Gasteiger partial charge in [0.05, 0.1) is 6.20 Å². The Morgan fingerprint density at radius 3 is 2.82 bits per heavy atom. The first-order chi connectivity index (χ1) is 13.6. The van der Waals surface area contributed by atoms with Gasteiger partial charge in [0.15, 0.2) is 5.65 Å². The molecule has 0 unspecified atom stereocenters. The Labute approximate surface area is 163 Å². The normalized spacial score (nSPS) is 10.9. The van der Waals surface area contributed by atoms with Gasteiger partial charge in [0.2, 0.25) is 5.91 Å². The number of amides is 1. The lowest BCUT2D eigenvalue weighted by atomic mass is 10.4. The van der Waals surface area contributed by atoms with Crippen LogP contribution in [0.5, 0.6) is 0 Å². The molecule has 4 rings (SSSR count). The van der Waals surface area contributed by atoms with E-state index in [2.05, 4.69) is 25.4 Å². The van der Waals surface area contributed by atoms with Crippen LogP contribution >= 0.6 is 11.8 Å². The van der Waals surface area contributed by atoms with Gasteiger partial charge >= 0.3 is 0 Å². The second-order valence-corrected chi connectivity index (χ2v) is 6.92. The molecule has 0 aliphatic rings. The van der Waals surface area contributed by atoms with Gasteiger partial charge in [-0.1, -0.05) is 17.8 Å². The molecule has 0 atom stereocenters. The van der Waals surface area contributed by atoms with Gasteiger partial charge in [0, 0.05) is 25.1 Å². The fourth-order valence-electron chi connectivity index (χ4n) is 2.59. The van der Waals surface area contributed by atoms with Gasteiger partial charge in [-0.15, -0.1) is 0 Å². The molecule has 1 N–H and O–H groups in total. The minimum atomic E-state index is -0.341. The van der Waals surface area contributed by atoms with E-state index >= 15 is 0 Å². The first-order valence-electron chi connectivity index (χ1n) is 8.32. The van der Waals surface area contributed by atoms with Crippen molar-refractivity contribution in [2.24, 2.45) is 7.05 Å². The van der Waals surface area contributed by atoms with Crippen LogP contribution in [0.15, 0.2) is 70.1 Å². The monoisotopic (exact) mass is 393 g/mol. The second-order valence-electron chi connectivity index (χ2n) is 5.88. The molecule has 0 aromatic carbocycles. The van der Waals surface area contributed by atoms with E-state index < -0.39 is 0 Å². The largest absolute Gasteiger partial charge is 0.324 e. The molecule has 0 saturated carbocycles. The number of pyridine rings is 2. The maximum atomic E-state index is 12.5. The molecule has 0 bridgehead atoms.